The fraction of sp³-hybridized carbons (Fsp3) is 0.455. The zero-order valence-electron chi connectivity index (χ0n) is 16.0. The van der Waals surface area contributed by atoms with Crippen molar-refractivity contribution in [3.05, 3.63) is 64.1 Å². The van der Waals surface area contributed by atoms with Gasteiger partial charge in [-0.1, -0.05) is 30.3 Å². The third kappa shape index (κ3) is 2.66. The Hall–Kier alpha value is -2.60. The SMILES string of the molecule is COc1c[nH]c(C(=O)N2C[C@H](c3ccccc3)[C@@H]3[C@H]2C2CCN3CC2)cc1=O. The number of amides is 1. The largest absolute Gasteiger partial charge is 0.491 e. The lowest BCUT2D eigenvalue weighted by Crippen LogP contribution is -2.60. The van der Waals surface area contributed by atoms with Crippen LogP contribution in [0, 0.1) is 5.92 Å². The Morgan fingerprint density at radius 2 is 1.89 bits per heavy atom. The number of hydrogen-bond donors (Lipinski definition) is 1. The van der Waals surface area contributed by atoms with Gasteiger partial charge in [-0.25, -0.2) is 0 Å². The smallest absolute Gasteiger partial charge is 0.270 e. The number of nitrogens with zero attached hydrogens (tertiary/aromatic N) is 2. The van der Waals surface area contributed by atoms with E-state index in [2.05, 4.69) is 34.1 Å². The molecule has 1 N–H and O–H groups in total. The average molecular weight is 379 g/mol. The number of piperidine rings is 3. The van der Waals surface area contributed by atoms with Crippen LogP contribution in [0.1, 0.15) is 34.8 Å². The molecule has 6 nitrogen and oxygen atoms in total. The molecular weight excluding hydrogens is 354 g/mol. The second-order valence-electron chi connectivity index (χ2n) is 8.11. The summed E-state index contributed by atoms with van der Waals surface area (Å²) in [5.74, 6) is 0.989. The molecular formula is C22H25N3O3. The average Bonchev–Trinajstić information content (AvgIpc) is 3.17. The lowest BCUT2D eigenvalue weighted by molar-refractivity contribution is -0.00358. The van der Waals surface area contributed by atoms with Gasteiger partial charge in [0.05, 0.1) is 13.2 Å². The quantitative estimate of drug-likeness (QED) is 0.887. The number of pyridine rings is 1. The molecule has 1 amide bonds. The summed E-state index contributed by atoms with van der Waals surface area (Å²) in [6, 6.07) is 12.5. The van der Waals surface area contributed by atoms with Crippen molar-refractivity contribution in [2.75, 3.05) is 26.7 Å². The standard InChI is InChI=1S/C22H25N3O3/c1-28-19-12-23-17(11-18(19)26)22(27)25-13-16(14-5-3-2-4-6-14)21-20(25)15-7-9-24(21)10-8-15/h2-6,11-12,15-16,20-21H,7-10,13H2,1H3,(H,23,26)/t16-,20-,21-/m1/s1. The van der Waals surface area contributed by atoms with E-state index in [1.165, 1.54) is 24.9 Å². The molecule has 0 aliphatic carbocycles. The third-order valence-electron chi connectivity index (χ3n) is 6.81. The number of ether oxygens (including phenoxy) is 1. The van der Waals surface area contributed by atoms with E-state index in [0.29, 0.717) is 30.1 Å². The third-order valence-corrected chi connectivity index (χ3v) is 6.81. The highest BCUT2D eigenvalue weighted by molar-refractivity contribution is 5.93. The van der Waals surface area contributed by atoms with Gasteiger partial charge in [-0.05, 0) is 37.4 Å². The number of fused-ring (bicyclic) bond motifs is 2. The fourth-order valence-electron chi connectivity index (χ4n) is 5.54. The highest BCUT2D eigenvalue weighted by Crippen LogP contribution is 2.46. The van der Waals surface area contributed by atoms with Crippen molar-refractivity contribution >= 4 is 5.91 Å². The summed E-state index contributed by atoms with van der Waals surface area (Å²) in [7, 11) is 1.45. The minimum absolute atomic E-state index is 0.0815. The zero-order chi connectivity index (χ0) is 19.3. The number of carbonyl (C=O) groups excluding carboxylic acids is 1. The monoisotopic (exact) mass is 379 g/mol. The number of benzene rings is 1. The normalized spacial score (nSPS) is 30.9. The lowest BCUT2D eigenvalue weighted by atomic mass is 9.75. The first-order valence-corrected chi connectivity index (χ1v) is 10.0. The Bertz CT molecular complexity index is 934. The molecule has 1 aromatic carbocycles. The molecule has 4 aliphatic rings. The predicted molar refractivity (Wildman–Crippen MR) is 106 cm³/mol. The van der Waals surface area contributed by atoms with Crippen LogP contribution in [-0.2, 0) is 0 Å². The molecule has 0 radical (unpaired) electrons. The Balaban J connectivity index is 1.51. The molecule has 2 bridgehead atoms. The first-order chi connectivity index (χ1) is 13.7. The van der Waals surface area contributed by atoms with Crippen LogP contribution in [0.2, 0.25) is 0 Å². The van der Waals surface area contributed by atoms with Gasteiger partial charge in [-0.15, -0.1) is 0 Å². The molecule has 146 valence electrons. The molecule has 0 spiro atoms. The Morgan fingerprint density at radius 1 is 1.14 bits per heavy atom. The number of nitrogens with one attached hydrogen (secondary N) is 1. The van der Waals surface area contributed by atoms with Crippen molar-refractivity contribution < 1.29 is 9.53 Å². The molecule has 6 rings (SSSR count). The second kappa shape index (κ2) is 6.78. The van der Waals surface area contributed by atoms with E-state index in [1.807, 2.05) is 11.0 Å². The molecule has 6 heteroatoms. The summed E-state index contributed by atoms with van der Waals surface area (Å²) in [6.07, 6.45) is 3.77. The van der Waals surface area contributed by atoms with Gasteiger partial charge in [0.2, 0.25) is 5.43 Å². The van der Waals surface area contributed by atoms with Crippen LogP contribution in [0.15, 0.2) is 47.4 Å². The number of methoxy groups -OCH3 is 1. The molecule has 4 fully saturated rings. The van der Waals surface area contributed by atoms with Crippen LogP contribution in [-0.4, -0.2) is 59.5 Å². The minimum atomic E-state index is -0.270. The van der Waals surface area contributed by atoms with Gasteiger partial charge in [0.25, 0.3) is 5.91 Å². The van der Waals surface area contributed by atoms with Crippen LogP contribution in [0.5, 0.6) is 5.75 Å². The van der Waals surface area contributed by atoms with Gasteiger partial charge in [0.1, 0.15) is 5.69 Å². The number of likely N-dealkylation sites (tertiary alicyclic amines) is 1. The Morgan fingerprint density at radius 3 is 2.57 bits per heavy atom. The molecule has 0 saturated carbocycles. The Labute approximate surface area is 164 Å². The first-order valence-electron chi connectivity index (χ1n) is 10.0. The number of aromatic nitrogens is 1. The summed E-state index contributed by atoms with van der Waals surface area (Å²) >= 11 is 0. The Kier molecular flexibility index (Phi) is 4.23. The van der Waals surface area contributed by atoms with Crippen LogP contribution in [0.25, 0.3) is 0 Å². The van der Waals surface area contributed by atoms with E-state index in [-0.39, 0.29) is 23.1 Å². The number of H-pyrrole nitrogens is 1. The minimum Gasteiger partial charge on any atom is -0.491 e. The zero-order valence-corrected chi connectivity index (χ0v) is 16.0. The molecule has 4 saturated heterocycles. The number of rotatable bonds is 3. The summed E-state index contributed by atoms with van der Waals surface area (Å²) in [6.45, 7) is 2.94. The molecule has 28 heavy (non-hydrogen) atoms. The van der Waals surface area contributed by atoms with Crippen molar-refractivity contribution in [2.45, 2.75) is 30.8 Å². The van der Waals surface area contributed by atoms with Gasteiger partial charge < -0.3 is 14.6 Å². The molecule has 1 aromatic heterocycles. The maximum atomic E-state index is 13.4. The van der Waals surface area contributed by atoms with Crippen molar-refractivity contribution in [3.63, 3.8) is 0 Å². The van der Waals surface area contributed by atoms with E-state index < -0.39 is 0 Å². The van der Waals surface area contributed by atoms with E-state index in [1.54, 1.807) is 0 Å². The van der Waals surface area contributed by atoms with Gasteiger partial charge in [-0.3, -0.25) is 14.5 Å². The van der Waals surface area contributed by atoms with Gasteiger partial charge in [0.15, 0.2) is 5.75 Å². The summed E-state index contributed by atoms with van der Waals surface area (Å²) in [4.78, 5) is 33.1. The molecule has 0 unspecified atom stereocenters. The van der Waals surface area contributed by atoms with Crippen molar-refractivity contribution in [1.82, 2.24) is 14.8 Å². The summed E-state index contributed by atoms with van der Waals surface area (Å²) < 4.78 is 5.03. The van der Waals surface area contributed by atoms with Crippen molar-refractivity contribution in [3.8, 4) is 5.75 Å². The van der Waals surface area contributed by atoms with Crippen molar-refractivity contribution in [1.29, 1.82) is 0 Å². The predicted octanol–water partition coefficient (Wildman–Crippen LogP) is 2.09. The second-order valence-corrected chi connectivity index (χ2v) is 8.11. The molecule has 4 aliphatic heterocycles. The van der Waals surface area contributed by atoms with Gasteiger partial charge >= 0.3 is 0 Å². The summed E-state index contributed by atoms with van der Waals surface area (Å²) in [5, 5.41) is 0. The number of carbonyl (C=O) groups is 1. The lowest BCUT2D eigenvalue weighted by Gasteiger charge is -2.51. The number of aromatic amines is 1. The molecule has 2 aromatic rings. The molecule has 3 atom stereocenters. The van der Waals surface area contributed by atoms with E-state index in [9.17, 15) is 9.59 Å². The van der Waals surface area contributed by atoms with E-state index >= 15 is 0 Å². The van der Waals surface area contributed by atoms with Crippen LogP contribution in [0.4, 0.5) is 0 Å². The topological polar surface area (TPSA) is 65.6 Å². The van der Waals surface area contributed by atoms with Crippen molar-refractivity contribution in [2.24, 2.45) is 5.92 Å². The first kappa shape index (κ1) is 17.5. The highest BCUT2D eigenvalue weighted by atomic mass is 16.5. The number of hydrogen-bond acceptors (Lipinski definition) is 4. The van der Waals surface area contributed by atoms with Gasteiger partial charge in [0, 0.05) is 30.8 Å². The maximum absolute atomic E-state index is 13.4. The van der Waals surface area contributed by atoms with Crippen LogP contribution in [0.3, 0.4) is 0 Å². The molecule has 5 heterocycles. The highest BCUT2D eigenvalue weighted by Gasteiger charge is 2.54. The van der Waals surface area contributed by atoms with E-state index in [4.69, 9.17) is 4.74 Å². The van der Waals surface area contributed by atoms with E-state index in [0.717, 1.165) is 25.9 Å². The van der Waals surface area contributed by atoms with Crippen LogP contribution >= 0.6 is 0 Å². The summed E-state index contributed by atoms with van der Waals surface area (Å²) in [5.41, 5.74) is 1.37. The fourth-order valence-corrected chi connectivity index (χ4v) is 5.54. The van der Waals surface area contributed by atoms with Gasteiger partial charge in [-0.2, -0.15) is 0 Å². The maximum Gasteiger partial charge on any atom is 0.270 e. The van der Waals surface area contributed by atoms with Crippen LogP contribution < -0.4 is 10.2 Å².